The number of carbonyl (C=O) groups is 4. The Morgan fingerprint density at radius 3 is 1.93 bits per heavy atom. The topological polar surface area (TPSA) is 151 Å². The maximum Gasteiger partial charge on any atom is 0.306 e. The fourth-order valence-corrected chi connectivity index (χ4v) is 9.65. The molecule has 0 radical (unpaired) electrons. The summed E-state index contributed by atoms with van der Waals surface area (Å²) in [5, 5.41) is 1.11. The number of imidazole rings is 2. The molecule has 302 valence electrons. The largest absolute Gasteiger partial charge is 0.469 e. The van der Waals surface area contributed by atoms with Crippen LogP contribution >= 0.6 is 11.3 Å². The minimum atomic E-state index is -0.453. The molecule has 0 bridgehead atoms. The Balaban J connectivity index is 1.10. The highest BCUT2D eigenvalue weighted by Gasteiger charge is 2.41. The molecule has 2 N–H and O–H groups in total. The third-order valence-corrected chi connectivity index (χ3v) is 13.1. The smallest absolute Gasteiger partial charge is 0.306 e. The van der Waals surface area contributed by atoms with E-state index in [0.29, 0.717) is 24.9 Å². The molecule has 0 aliphatic carbocycles. The minimum absolute atomic E-state index is 0.00520. The zero-order valence-corrected chi connectivity index (χ0v) is 34.9. The summed E-state index contributed by atoms with van der Waals surface area (Å²) in [6.07, 6.45) is 3.56. The molecule has 6 atom stereocenters. The van der Waals surface area contributed by atoms with Crippen LogP contribution in [-0.2, 0) is 28.7 Å². The molecule has 2 amide bonds. The van der Waals surface area contributed by atoms with Crippen LogP contribution in [0.5, 0.6) is 0 Å². The molecule has 0 spiro atoms. The van der Waals surface area contributed by atoms with E-state index in [2.05, 4.69) is 60.2 Å². The van der Waals surface area contributed by atoms with Gasteiger partial charge in [-0.1, -0.05) is 53.7 Å². The van der Waals surface area contributed by atoms with Gasteiger partial charge in [-0.25, -0.2) is 9.97 Å². The lowest BCUT2D eigenvalue weighted by Gasteiger charge is -2.29. The molecule has 2 fully saturated rings. The van der Waals surface area contributed by atoms with Crippen LogP contribution in [0.25, 0.3) is 42.8 Å². The third kappa shape index (κ3) is 8.21. The van der Waals surface area contributed by atoms with Gasteiger partial charge in [-0.2, -0.15) is 0 Å². The van der Waals surface area contributed by atoms with E-state index in [1.54, 1.807) is 11.3 Å². The minimum Gasteiger partial charge on any atom is -0.469 e. The van der Waals surface area contributed by atoms with E-state index >= 15 is 0 Å². The highest BCUT2D eigenvalue weighted by atomic mass is 32.1. The number of aromatic amines is 2. The number of nitrogens with zero attached hydrogens (tertiary/aromatic N) is 4. The van der Waals surface area contributed by atoms with Crippen molar-refractivity contribution in [2.45, 2.75) is 79.3 Å². The monoisotopic (exact) mass is 794 g/mol. The van der Waals surface area contributed by atoms with Crippen LogP contribution in [0.3, 0.4) is 0 Å². The fraction of sp³-hybridized carbons (Fsp3) is 0.500. The van der Waals surface area contributed by atoms with E-state index in [1.165, 1.54) is 14.2 Å². The van der Waals surface area contributed by atoms with Crippen molar-refractivity contribution in [2.75, 3.05) is 27.3 Å². The van der Waals surface area contributed by atoms with Gasteiger partial charge in [-0.05, 0) is 77.8 Å². The number of rotatable bonds is 12. The summed E-state index contributed by atoms with van der Waals surface area (Å²) in [7, 11) is 2.72. The molecular weight excluding hydrogens is 741 g/mol. The van der Waals surface area contributed by atoms with Gasteiger partial charge >= 0.3 is 11.9 Å². The number of esters is 2. The Morgan fingerprint density at radius 1 is 0.772 bits per heavy atom. The predicted molar refractivity (Wildman–Crippen MR) is 221 cm³/mol. The summed E-state index contributed by atoms with van der Waals surface area (Å²) in [5.41, 5.74) is 4.71. The van der Waals surface area contributed by atoms with Crippen molar-refractivity contribution in [1.82, 2.24) is 29.7 Å². The van der Waals surface area contributed by atoms with Gasteiger partial charge in [0.2, 0.25) is 11.8 Å². The molecule has 5 aromatic rings. The summed E-state index contributed by atoms with van der Waals surface area (Å²) in [4.78, 5) is 73.8. The van der Waals surface area contributed by atoms with Crippen molar-refractivity contribution in [3.05, 3.63) is 60.3 Å². The van der Waals surface area contributed by atoms with E-state index in [-0.39, 0.29) is 60.5 Å². The van der Waals surface area contributed by atoms with Crippen molar-refractivity contribution in [3.8, 4) is 21.7 Å². The summed E-state index contributed by atoms with van der Waals surface area (Å²) in [6, 6.07) is 14.5. The van der Waals surface area contributed by atoms with Crippen LogP contribution in [-0.4, -0.2) is 80.8 Å². The normalized spacial score (nSPS) is 20.9. The highest BCUT2D eigenvalue weighted by molar-refractivity contribution is 7.22. The number of fused-ring (bicyclic) bond motifs is 2. The molecule has 2 saturated heterocycles. The van der Waals surface area contributed by atoms with Gasteiger partial charge in [0.25, 0.3) is 0 Å². The van der Waals surface area contributed by atoms with Crippen molar-refractivity contribution in [2.24, 2.45) is 35.5 Å². The average molecular weight is 795 g/mol. The van der Waals surface area contributed by atoms with E-state index < -0.39 is 11.8 Å². The zero-order valence-electron chi connectivity index (χ0n) is 34.1. The third-order valence-electron chi connectivity index (χ3n) is 11.9. The summed E-state index contributed by atoms with van der Waals surface area (Å²) in [5.74, 6) is 0.398. The Kier molecular flexibility index (Phi) is 11.6. The number of methoxy groups -OCH3 is 2. The molecule has 0 unspecified atom stereocenters. The molecule has 0 saturated carbocycles. The van der Waals surface area contributed by atoms with Crippen molar-refractivity contribution < 1.29 is 28.7 Å². The second-order valence-electron chi connectivity index (χ2n) is 16.9. The first-order chi connectivity index (χ1) is 27.2. The second-order valence-corrected chi connectivity index (χ2v) is 17.9. The average Bonchev–Trinajstić information content (AvgIpc) is 4.03. The van der Waals surface area contributed by atoms with Crippen LogP contribution in [0, 0.1) is 35.5 Å². The lowest BCUT2D eigenvalue weighted by molar-refractivity contribution is -0.148. The number of nitrogens with one attached hydrogen (secondary N) is 2. The molecule has 5 heterocycles. The van der Waals surface area contributed by atoms with Crippen LogP contribution in [0.2, 0.25) is 0 Å². The van der Waals surface area contributed by atoms with Crippen LogP contribution in [0.15, 0.2) is 48.7 Å². The maximum atomic E-state index is 13.9. The first kappa shape index (κ1) is 40.2. The van der Waals surface area contributed by atoms with Gasteiger partial charge < -0.3 is 29.2 Å². The summed E-state index contributed by atoms with van der Waals surface area (Å²) < 4.78 is 11.0. The molecule has 12 nitrogen and oxygen atoms in total. The van der Waals surface area contributed by atoms with Crippen LogP contribution in [0.4, 0.5) is 0 Å². The van der Waals surface area contributed by atoms with E-state index in [4.69, 9.17) is 19.4 Å². The Morgan fingerprint density at radius 2 is 1.35 bits per heavy atom. The molecule has 2 aliphatic rings. The number of hydrogen-bond acceptors (Lipinski definition) is 9. The first-order valence-electron chi connectivity index (χ1n) is 20.1. The molecular formula is C44H54N6O6S. The molecule has 3 aromatic heterocycles. The highest BCUT2D eigenvalue weighted by Crippen LogP contribution is 2.41. The van der Waals surface area contributed by atoms with E-state index in [1.807, 2.05) is 49.8 Å². The van der Waals surface area contributed by atoms with Crippen molar-refractivity contribution >= 4 is 56.2 Å². The quantitative estimate of drug-likeness (QED) is 0.120. The molecule has 2 aliphatic heterocycles. The Labute approximate surface area is 337 Å². The predicted octanol–water partition coefficient (Wildman–Crippen LogP) is 8.32. The van der Waals surface area contributed by atoms with Crippen molar-refractivity contribution in [1.29, 1.82) is 0 Å². The Hall–Kier alpha value is -5.04. The van der Waals surface area contributed by atoms with Gasteiger partial charge in [0, 0.05) is 28.2 Å². The number of hydrogen-bond donors (Lipinski definition) is 2. The molecule has 2 aromatic carbocycles. The maximum absolute atomic E-state index is 13.9. The van der Waals surface area contributed by atoms with E-state index in [0.717, 1.165) is 67.3 Å². The Bertz CT molecular complexity index is 2290. The number of likely N-dealkylation sites (tertiary alicyclic amines) is 2. The lowest BCUT2D eigenvalue weighted by Crippen LogP contribution is -2.39. The zero-order chi connectivity index (χ0) is 40.7. The van der Waals surface area contributed by atoms with Gasteiger partial charge in [0.1, 0.15) is 11.6 Å². The van der Waals surface area contributed by atoms with Gasteiger partial charge in [-0.15, -0.1) is 11.3 Å². The fourth-order valence-electron chi connectivity index (χ4n) is 8.61. The summed E-state index contributed by atoms with van der Waals surface area (Å²) >= 11 is 1.72. The van der Waals surface area contributed by atoms with Gasteiger partial charge in [-0.3, -0.25) is 19.2 Å². The number of carbonyl (C=O) groups excluding carboxylic acids is 4. The SMILES string of the molecule is COC(=O)C[C@H](C(=O)N1C[C@@H](C)C[C@H]1c1ncc(-c2ccc3sc(-c4ccc5nc([C@@H]6C[C@H](C)CN6C(=O)[C@@H](CC(=O)OC)C(C)C)[nH]c5c4)cc3c2)[nH]1)C(C)C. The number of benzene rings is 2. The number of ether oxygens (including phenoxy) is 2. The number of amides is 2. The van der Waals surface area contributed by atoms with Gasteiger partial charge in [0.15, 0.2) is 0 Å². The van der Waals surface area contributed by atoms with Gasteiger partial charge in [0.05, 0.1) is 73.9 Å². The standard InChI is InChI=1S/C44H54N6O6S/c1-23(2)30(18-39(51)55-7)43(53)49-21-25(5)13-35(49)41-45-20-34(48-41)27-10-12-37-29(15-27)17-38(57-37)28-9-11-32-33(16-28)47-42(46-32)36-14-26(6)22-50(36)44(54)31(24(3)4)19-40(52)56-8/h9-12,15-17,20,23-26,30-31,35-36H,13-14,18-19,21-22H2,1-8H3,(H,45,48)(H,46,47)/t25-,26-,30-,31-,35-,36-/m0/s1. The molecule has 7 rings (SSSR count). The van der Waals surface area contributed by atoms with Crippen LogP contribution < -0.4 is 0 Å². The lowest BCUT2D eigenvalue weighted by atomic mass is 9.91. The number of aromatic nitrogens is 4. The van der Waals surface area contributed by atoms with Crippen LogP contribution in [0.1, 0.15) is 91.0 Å². The first-order valence-corrected chi connectivity index (χ1v) is 20.9. The van der Waals surface area contributed by atoms with Crippen molar-refractivity contribution in [3.63, 3.8) is 0 Å². The molecule has 13 heteroatoms. The summed E-state index contributed by atoms with van der Waals surface area (Å²) in [6.45, 7) is 13.4. The second kappa shape index (κ2) is 16.4. The number of H-pyrrole nitrogens is 2. The number of thiophene rings is 1. The molecule has 57 heavy (non-hydrogen) atoms. The van der Waals surface area contributed by atoms with E-state index in [9.17, 15) is 19.2 Å².